The van der Waals surface area contributed by atoms with Gasteiger partial charge in [-0.15, -0.1) is 11.3 Å². The third-order valence-electron chi connectivity index (χ3n) is 4.15. The van der Waals surface area contributed by atoms with Gasteiger partial charge in [-0.1, -0.05) is 12.1 Å². The Labute approximate surface area is 177 Å². The van der Waals surface area contributed by atoms with Crippen molar-refractivity contribution in [1.82, 2.24) is 10.9 Å². The zero-order valence-electron chi connectivity index (χ0n) is 16.3. The number of benzene rings is 2. The Morgan fingerprint density at radius 1 is 0.933 bits per heavy atom. The highest BCUT2D eigenvalue weighted by Crippen LogP contribution is 2.28. The molecule has 8 heteroatoms. The molecule has 0 radical (unpaired) electrons. The van der Waals surface area contributed by atoms with Crippen LogP contribution in [0, 0.1) is 5.82 Å². The second-order valence-corrected chi connectivity index (χ2v) is 7.38. The molecular formula is C22H21FN2O4S. The van der Waals surface area contributed by atoms with Gasteiger partial charge in [-0.3, -0.25) is 20.4 Å². The molecule has 0 unspecified atom stereocenters. The Bertz CT molecular complexity index is 987. The number of methoxy groups -OCH3 is 1. The molecule has 2 amide bonds. The van der Waals surface area contributed by atoms with Crippen molar-refractivity contribution < 1.29 is 23.5 Å². The van der Waals surface area contributed by atoms with Gasteiger partial charge in [0.05, 0.1) is 18.6 Å². The maximum atomic E-state index is 13.0. The van der Waals surface area contributed by atoms with E-state index in [-0.39, 0.29) is 18.1 Å². The van der Waals surface area contributed by atoms with Gasteiger partial charge in [0.1, 0.15) is 17.3 Å². The van der Waals surface area contributed by atoms with Crippen LogP contribution >= 0.6 is 11.3 Å². The molecule has 2 N–H and O–H groups in total. The Hall–Kier alpha value is -3.39. The number of carbonyl (C=O) groups is 2. The minimum absolute atomic E-state index is 0.210. The number of hydrogen-bond acceptors (Lipinski definition) is 5. The van der Waals surface area contributed by atoms with Crippen molar-refractivity contribution in [3.8, 4) is 21.9 Å². The SMILES string of the molecule is COc1ccc(OCCCC(=O)NNC(=O)c2ccc(-c3ccc(F)cc3)s2)cc1. The van der Waals surface area contributed by atoms with Crippen LogP contribution in [0.5, 0.6) is 11.5 Å². The molecule has 2 aromatic carbocycles. The molecule has 0 spiro atoms. The Morgan fingerprint density at radius 3 is 2.33 bits per heavy atom. The van der Waals surface area contributed by atoms with Gasteiger partial charge < -0.3 is 9.47 Å². The number of hydrogen-bond donors (Lipinski definition) is 2. The summed E-state index contributed by atoms with van der Waals surface area (Å²) in [5, 5.41) is 0. The summed E-state index contributed by atoms with van der Waals surface area (Å²) in [5.74, 6) is 0.408. The number of hydrazine groups is 1. The fraction of sp³-hybridized carbons (Fsp3) is 0.182. The first kappa shape index (κ1) is 21.3. The van der Waals surface area contributed by atoms with E-state index in [0.717, 1.165) is 16.2 Å². The van der Waals surface area contributed by atoms with Gasteiger partial charge in [-0.2, -0.15) is 0 Å². The molecule has 30 heavy (non-hydrogen) atoms. The monoisotopic (exact) mass is 428 g/mol. The van der Waals surface area contributed by atoms with E-state index in [4.69, 9.17) is 9.47 Å². The number of thiophene rings is 1. The summed E-state index contributed by atoms with van der Waals surface area (Å²) in [5.41, 5.74) is 5.62. The lowest BCUT2D eigenvalue weighted by Crippen LogP contribution is -2.41. The van der Waals surface area contributed by atoms with Gasteiger partial charge in [-0.25, -0.2) is 4.39 Å². The van der Waals surface area contributed by atoms with Gasteiger partial charge in [0, 0.05) is 11.3 Å². The summed E-state index contributed by atoms with van der Waals surface area (Å²) in [6.45, 7) is 0.375. The van der Waals surface area contributed by atoms with Crippen LogP contribution < -0.4 is 20.3 Å². The number of halogens is 1. The zero-order chi connectivity index (χ0) is 21.3. The van der Waals surface area contributed by atoms with Crippen LogP contribution in [0.25, 0.3) is 10.4 Å². The third-order valence-corrected chi connectivity index (χ3v) is 5.28. The topological polar surface area (TPSA) is 76.7 Å². The van der Waals surface area contributed by atoms with E-state index in [9.17, 15) is 14.0 Å². The van der Waals surface area contributed by atoms with E-state index in [1.165, 1.54) is 23.5 Å². The fourth-order valence-electron chi connectivity index (χ4n) is 2.57. The molecule has 6 nitrogen and oxygen atoms in total. The molecule has 0 aliphatic rings. The second kappa shape index (κ2) is 10.4. The van der Waals surface area contributed by atoms with Crippen molar-refractivity contribution in [3.05, 3.63) is 71.4 Å². The first-order valence-electron chi connectivity index (χ1n) is 9.27. The van der Waals surface area contributed by atoms with Crippen LogP contribution in [-0.4, -0.2) is 25.5 Å². The van der Waals surface area contributed by atoms with Gasteiger partial charge in [0.25, 0.3) is 5.91 Å². The summed E-state index contributed by atoms with van der Waals surface area (Å²) >= 11 is 1.26. The van der Waals surface area contributed by atoms with Crippen molar-refractivity contribution in [1.29, 1.82) is 0 Å². The molecule has 0 saturated heterocycles. The largest absolute Gasteiger partial charge is 0.497 e. The molecule has 1 aromatic heterocycles. The lowest BCUT2D eigenvalue weighted by atomic mass is 10.2. The van der Waals surface area contributed by atoms with Crippen molar-refractivity contribution >= 4 is 23.2 Å². The standard InChI is InChI=1S/C22H21FN2O4S/c1-28-17-8-10-18(11-9-17)29-14-2-3-21(26)24-25-22(27)20-13-12-19(30-20)15-4-6-16(23)7-5-15/h4-13H,2-3,14H2,1H3,(H,24,26)(H,25,27). The molecule has 0 fully saturated rings. The van der Waals surface area contributed by atoms with E-state index in [1.54, 1.807) is 55.6 Å². The highest BCUT2D eigenvalue weighted by atomic mass is 32.1. The first-order chi connectivity index (χ1) is 14.5. The highest BCUT2D eigenvalue weighted by Gasteiger charge is 2.11. The quantitative estimate of drug-likeness (QED) is 0.417. The molecule has 0 saturated carbocycles. The summed E-state index contributed by atoms with van der Waals surface area (Å²) in [6, 6.07) is 16.7. The van der Waals surface area contributed by atoms with Crippen LogP contribution in [0.3, 0.4) is 0 Å². The Balaban J connectivity index is 1.38. The van der Waals surface area contributed by atoms with E-state index in [0.29, 0.717) is 23.7 Å². The maximum Gasteiger partial charge on any atom is 0.279 e. The fourth-order valence-corrected chi connectivity index (χ4v) is 3.48. The van der Waals surface area contributed by atoms with E-state index in [2.05, 4.69) is 10.9 Å². The van der Waals surface area contributed by atoms with Crippen molar-refractivity contribution in [2.75, 3.05) is 13.7 Å². The second-order valence-electron chi connectivity index (χ2n) is 6.30. The van der Waals surface area contributed by atoms with Crippen LogP contribution in [0.2, 0.25) is 0 Å². The maximum absolute atomic E-state index is 13.0. The third kappa shape index (κ3) is 6.05. The smallest absolute Gasteiger partial charge is 0.279 e. The lowest BCUT2D eigenvalue weighted by Gasteiger charge is -2.08. The molecule has 0 aliphatic carbocycles. The van der Waals surface area contributed by atoms with Crippen molar-refractivity contribution in [3.63, 3.8) is 0 Å². The first-order valence-corrected chi connectivity index (χ1v) is 10.1. The van der Waals surface area contributed by atoms with Gasteiger partial charge in [-0.05, 0) is 60.5 Å². The summed E-state index contributed by atoms with van der Waals surface area (Å²) in [7, 11) is 1.59. The zero-order valence-corrected chi connectivity index (χ0v) is 17.1. The van der Waals surface area contributed by atoms with E-state index in [1.807, 2.05) is 0 Å². The van der Waals surface area contributed by atoms with Gasteiger partial charge >= 0.3 is 0 Å². The average Bonchev–Trinajstić information content (AvgIpc) is 3.26. The summed E-state index contributed by atoms with van der Waals surface area (Å²) in [6.07, 6.45) is 0.711. The normalized spacial score (nSPS) is 10.3. The number of nitrogens with one attached hydrogen (secondary N) is 2. The summed E-state index contributed by atoms with van der Waals surface area (Å²) < 4.78 is 23.7. The average molecular weight is 428 g/mol. The number of amides is 2. The molecule has 0 bridgehead atoms. The van der Waals surface area contributed by atoms with Gasteiger partial charge in [0.15, 0.2) is 0 Å². The molecule has 0 atom stereocenters. The van der Waals surface area contributed by atoms with Crippen molar-refractivity contribution in [2.45, 2.75) is 12.8 Å². The minimum atomic E-state index is -0.406. The molecular weight excluding hydrogens is 407 g/mol. The lowest BCUT2D eigenvalue weighted by molar-refractivity contribution is -0.122. The summed E-state index contributed by atoms with van der Waals surface area (Å²) in [4.78, 5) is 25.4. The molecule has 0 aliphatic heterocycles. The minimum Gasteiger partial charge on any atom is -0.497 e. The molecule has 156 valence electrons. The van der Waals surface area contributed by atoms with Crippen molar-refractivity contribution in [2.24, 2.45) is 0 Å². The number of rotatable bonds is 8. The van der Waals surface area contributed by atoms with Crippen LogP contribution in [0.1, 0.15) is 22.5 Å². The predicted molar refractivity (Wildman–Crippen MR) is 113 cm³/mol. The number of carbonyl (C=O) groups excluding carboxylic acids is 2. The Kier molecular flexibility index (Phi) is 7.40. The Morgan fingerprint density at radius 2 is 1.63 bits per heavy atom. The predicted octanol–water partition coefficient (Wildman–Crippen LogP) is 4.18. The van der Waals surface area contributed by atoms with Gasteiger partial charge in [0.2, 0.25) is 5.91 Å². The highest BCUT2D eigenvalue weighted by molar-refractivity contribution is 7.17. The number of ether oxygens (including phenoxy) is 2. The van der Waals surface area contributed by atoms with Crippen LogP contribution in [-0.2, 0) is 4.79 Å². The molecule has 1 heterocycles. The molecule has 3 aromatic rings. The molecule has 3 rings (SSSR count). The van der Waals surface area contributed by atoms with E-state index < -0.39 is 5.91 Å². The van der Waals surface area contributed by atoms with E-state index >= 15 is 0 Å². The van der Waals surface area contributed by atoms with Crippen LogP contribution in [0.4, 0.5) is 4.39 Å². The van der Waals surface area contributed by atoms with Crippen LogP contribution in [0.15, 0.2) is 60.7 Å².